The number of amides is 1. The van der Waals surface area contributed by atoms with Gasteiger partial charge in [0.1, 0.15) is 11.1 Å². The fourth-order valence-corrected chi connectivity index (χ4v) is 4.33. The van der Waals surface area contributed by atoms with Gasteiger partial charge in [0.25, 0.3) is 0 Å². The fraction of sp³-hybridized carbons (Fsp3) is 0.296. The maximum absolute atomic E-state index is 13.8. The summed E-state index contributed by atoms with van der Waals surface area (Å²) in [5.41, 5.74) is 0.930. The number of carbonyl (C=O) groups is 1. The average molecular weight is 450 g/mol. The van der Waals surface area contributed by atoms with E-state index in [4.69, 9.17) is 4.74 Å². The van der Waals surface area contributed by atoms with Gasteiger partial charge in [-0.3, -0.25) is 4.90 Å². The van der Waals surface area contributed by atoms with E-state index in [1.54, 1.807) is 4.90 Å². The van der Waals surface area contributed by atoms with Crippen molar-refractivity contribution in [2.45, 2.75) is 38.0 Å². The summed E-state index contributed by atoms with van der Waals surface area (Å²) in [5, 5.41) is 10.3. The molecule has 0 aliphatic carbocycles. The summed E-state index contributed by atoms with van der Waals surface area (Å²) in [7, 11) is 0. The Morgan fingerprint density at radius 2 is 1.22 bits per heavy atom. The minimum Gasteiger partial charge on any atom is -0.444 e. The van der Waals surface area contributed by atoms with Crippen LogP contribution in [0.15, 0.2) is 91.0 Å². The second-order valence-electron chi connectivity index (χ2n) is 8.68. The molecule has 5 heteroatoms. The van der Waals surface area contributed by atoms with Crippen molar-refractivity contribution in [3.63, 3.8) is 0 Å². The predicted molar refractivity (Wildman–Crippen MR) is 132 cm³/mol. The SMILES string of the molecule is CC(C)(C)OC(=O)N(C(CO)CS)C(c1ccccc1)(c1ccccc1)c1ccccc1. The van der Waals surface area contributed by atoms with Crippen LogP contribution in [-0.4, -0.2) is 40.1 Å². The van der Waals surface area contributed by atoms with Crippen molar-refractivity contribution in [2.24, 2.45) is 0 Å². The summed E-state index contributed by atoms with van der Waals surface area (Å²) in [5.74, 6) is 0.268. The highest BCUT2D eigenvalue weighted by Gasteiger charge is 2.48. The lowest BCUT2D eigenvalue weighted by atomic mass is 9.75. The Hall–Kier alpha value is -2.76. The molecule has 3 rings (SSSR count). The molecule has 0 aliphatic heterocycles. The quantitative estimate of drug-likeness (QED) is 0.370. The third kappa shape index (κ3) is 4.84. The molecule has 4 nitrogen and oxygen atoms in total. The summed E-state index contributed by atoms with van der Waals surface area (Å²) in [6.07, 6.45) is -0.512. The molecule has 1 N–H and O–H groups in total. The zero-order valence-electron chi connectivity index (χ0n) is 18.8. The number of carbonyl (C=O) groups excluding carboxylic acids is 1. The Morgan fingerprint density at radius 3 is 1.50 bits per heavy atom. The van der Waals surface area contributed by atoms with Gasteiger partial charge in [0.2, 0.25) is 0 Å². The molecular formula is C27H31NO3S. The molecule has 0 heterocycles. The Morgan fingerprint density at radius 1 is 0.844 bits per heavy atom. The van der Waals surface area contributed by atoms with Gasteiger partial charge >= 0.3 is 6.09 Å². The Labute approximate surface area is 196 Å². The van der Waals surface area contributed by atoms with Gasteiger partial charge in [-0.05, 0) is 37.5 Å². The number of aliphatic hydroxyl groups excluding tert-OH is 1. The molecule has 3 aromatic rings. The van der Waals surface area contributed by atoms with E-state index >= 15 is 0 Å². The van der Waals surface area contributed by atoms with E-state index in [0.717, 1.165) is 16.7 Å². The van der Waals surface area contributed by atoms with E-state index in [9.17, 15) is 9.90 Å². The zero-order chi connectivity index (χ0) is 23.2. The Kier molecular flexibility index (Phi) is 7.64. The summed E-state index contributed by atoms with van der Waals surface area (Å²) < 4.78 is 5.90. The molecule has 0 saturated carbocycles. The van der Waals surface area contributed by atoms with Crippen LogP contribution < -0.4 is 0 Å². The van der Waals surface area contributed by atoms with Crippen LogP contribution in [0.2, 0.25) is 0 Å². The molecule has 32 heavy (non-hydrogen) atoms. The topological polar surface area (TPSA) is 49.8 Å². The summed E-state index contributed by atoms with van der Waals surface area (Å²) in [6.45, 7) is 5.27. The number of nitrogens with zero attached hydrogens (tertiary/aromatic N) is 1. The average Bonchev–Trinajstić information content (AvgIpc) is 2.80. The smallest absolute Gasteiger partial charge is 0.411 e. The van der Waals surface area contributed by atoms with Gasteiger partial charge in [-0.15, -0.1) is 0 Å². The van der Waals surface area contributed by atoms with Crippen LogP contribution in [0.1, 0.15) is 37.5 Å². The standard InChI is InChI=1S/C27H31NO3S/c1-26(2,3)31-25(30)28(24(19-29)20-32)27(21-13-7-4-8-14-21,22-15-9-5-10-16-22)23-17-11-6-12-18-23/h4-18,24,29,32H,19-20H2,1-3H3. The van der Waals surface area contributed by atoms with E-state index in [2.05, 4.69) is 12.6 Å². The van der Waals surface area contributed by atoms with Crippen molar-refractivity contribution >= 4 is 18.7 Å². The highest BCUT2D eigenvalue weighted by molar-refractivity contribution is 7.80. The number of aliphatic hydroxyl groups is 1. The third-order valence-electron chi connectivity index (χ3n) is 5.31. The normalized spacial score (nSPS) is 12.8. The van der Waals surface area contributed by atoms with Crippen molar-refractivity contribution in [2.75, 3.05) is 12.4 Å². The van der Waals surface area contributed by atoms with Crippen LogP contribution in [0.3, 0.4) is 0 Å². The van der Waals surface area contributed by atoms with E-state index < -0.39 is 23.3 Å². The summed E-state index contributed by atoms with van der Waals surface area (Å²) in [4.78, 5) is 15.5. The molecule has 1 atom stereocenters. The molecule has 0 aliphatic rings. The molecular weight excluding hydrogens is 418 g/mol. The molecule has 0 bridgehead atoms. The van der Waals surface area contributed by atoms with Crippen LogP contribution in [0.5, 0.6) is 0 Å². The van der Waals surface area contributed by atoms with Gasteiger partial charge < -0.3 is 9.84 Å². The molecule has 1 amide bonds. The highest BCUT2D eigenvalue weighted by Crippen LogP contribution is 2.44. The van der Waals surface area contributed by atoms with Crippen molar-refractivity contribution in [3.05, 3.63) is 108 Å². The first-order valence-electron chi connectivity index (χ1n) is 10.7. The maximum Gasteiger partial charge on any atom is 0.411 e. The monoisotopic (exact) mass is 449 g/mol. The second kappa shape index (κ2) is 10.2. The zero-order valence-corrected chi connectivity index (χ0v) is 19.7. The number of benzene rings is 3. The van der Waals surface area contributed by atoms with E-state index in [0.29, 0.717) is 0 Å². The van der Waals surface area contributed by atoms with Gasteiger partial charge in [0.15, 0.2) is 0 Å². The van der Waals surface area contributed by atoms with Crippen LogP contribution in [0.25, 0.3) is 0 Å². The fourth-order valence-electron chi connectivity index (χ4n) is 4.05. The van der Waals surface area contributed by atoms with Crippen molar-refractivity contribution < 1.29 is 14.6 Å². The largest absolute Gasteiger partial charge is 0.444 e. The van der Waals surface area contributed by atoms with Gasteiger partial charge in [0.05, 0.1) is 12.6 Å². The molecule has 1 unspecified atom stereocenters. The molecule has 0 radical (unpaired) electrons. The van der Waals surface area contributed by atoms with Gasteiger partial charge in [-0.1, -0.05) is 91.0 Å². The Bertz CT molecular complexity index is 887. The number of hydrogen-bond acceptors (Lipinski definition) is 4. The van der Waals surface area contributed by atoms with Crippen molar-refractivity contribution in [3.8, 4) is 0 Å². The van der Waals surface area contributed by atoms with E-state index in [1.165, 1.54) is 0 Å². The predicted octanol–water partition coefficient (Wildman–Crippen LogP) is 5.51. The maximum atomic E-state index is 13.8. The molecule has 0 aromatic heterocycles. The lowest BCUT2D eigenvalue weighted by Gasteiger charge is -2.48. The third-order valence-corrected chi connectivity index (χ3v) is 5.73. The van der Waals surface area contributed by atoms with Gasteiger partial charge in [0, 0.05) is 5.75 Å². The summed E-state index contributed by atoms with van der Waals surface area (Å²) >= 11 is 4.50. The van der Waals surface area contributed by atoms with Crippen molar-refractivity contribution in [1.82, 2.24) is 4.90 Å². The minimum absolute atomic E-state index is 0.253. The van der Waals surface area contributed by atoms with E-state index in [1.807, 2.05) is 112 Å². The number of ether oxygens (including phenoxy) is 1. The number of hydrogen-bond donors (Lipinski definition) is 2. The van der Waals surface area contributed by atoms with Gasteiger partial charge in [-0.25, -0.2) is 4.79 Å². The summed E-state index contributed by atoms with van der Waals surface area (Å²) in [6, 6.07) is 29.0. The van der Waals surface area contributed by atoms with E-state index in [-0.39, 0.29) is 12.4 Å². The lowest BCUT2D eigenvalue weighted by Crippen LogP contribution is -2.58. The molecule has 3 aromatic carbocycles. The van der Waals surface area contributed by atoms with Gasteiger partial charge in [-0.2, -0.15) is 12.6 Å². The van der Waals surface area contributed by atoms with Crippen LogP contribution in [0.4, 0.5) is 4.79 Å². The Balaban J connectivity index is 2.43. The lowest BCUT2D eigenvalue weighted by molar-refractivity contribution is -0.00863. The first-order valence-corrected chi connectivity index (χ1v) is 11.4. The highest BCUT2D eigenvalue weighted by atomic mass is 32.1. The first-order chi connectivity index (χ1) is 15.3. The molecule has 0 spiro atoms. The van der Waals surface area contributed by atoms with Crippen LogP contribution in [0, 0.1) is 0 Å². The van der Waals surface area contributed by atoms with Crippen molar-refractivity contribution in [1.29, 1.82) is 0 Å². The molecule has 0 fully saturated rings. The first kappa shape index (κ1) is 23.9. The number of rotatable bonds is 7. The van der Waals surface area contributed by atoms with Crippen LogP contribution >= 0.6 is 12.6 Å². The molecule has 0 saturated heterocycles. The number of thiol groups is 1. The molecule has 168 valence electrons. The van der Waals surface area contributed by atoms with Crippen LogP contribution in [-0.2, 0) is 10.3 Å². The minimum atomic E-state index is -1.04. The second-order valence-corrected chi connectivity index (χ2v) is 9.04.